The molecule has 1 atom stereocenters. The van der Waals surface area contributed by atoms with Crippen LogP contribution in [0.25, 0.3) is 0 Å². The van der Waals surface area contributed by atoms with Crippen LogP contribution in [-0.4, -0.2) is 34.1 Å². The highest BCUT2D eigenvalue weighted by molar-refractivity contribution is 7.99. The van der Waals surface area contributed by atoms with Gasteiger partial charge in [-0.1, -0.05) is 6.92 Å². The van der Waals surface area contributed by atoms with E-state index in [4.69, 9.17) is 5.11 Å². The Balaban J connectivity index is 2.35. The molecular weight excluding hydrogens is 232 g/mol. The first-order valence-electron chi connectivity index (χ1n) is 4.54. The lowest BCUT2D eigenvalue weighted by Gasteiger charge is -2.07. The molecule has 0 aliphatic rings. The van der Waals surface area contributed by atoms with Crippen LogP contribution in [-0.2, 0) is 6.54 Å². The second-order valence-electron chi connectivity index (χ2n) is 3.13. The molecule has 0 aromatic carbocycles. The average molecular weight is 246 g/mol. The van der Waals surface area contributed by atoms with Crippen LogP contribution in [0.3, 0.4) is 0 Å². The molecule has 1 heterocycles. The summed E-state index contributed by atoms with van der Waals surface area (Å²) in [6, 6.07) is 0. The van der Waals surface area contributed by atoms with E-state index >= 15 is 0 Å². The average Bonchev–Trinajstić information content (AvgIpc) is 2.66. The summed E-state index contributed by atoms with van der Waals surface area (Å²) < 4.78 is 0. The monoisotopic (exact) mass is 246 g/mol. The van der Waals surface area contributed by atoms with Crippen LogP contribution >= 0.6 is 23.1 Å². The summed E-state index contributed by atoms with van der Waals surface area (Å²) in [5.74, 6) is -0.955. The van der Waals surface area contributed by atoms with Crippen molar-refractivity contribution in [2.45, 2.75) is 18.7 Å². The van der Waals surface area contributed by atoms with Gasteiger partial charge >= 0.3 is 5.97 Å². The highest BCUT2D eigenvalue weighted by atomic mass is 32.2. The number of carboxylic acids is 1. The van der Waals surface area contributed by atoms with Gasteiger partial charge in [-0.2, -0.15) is 11.8 Å². The van der Waals surface area contributed by atoms with Crippen molar-refractivity contribution < 1.29 is 9.90 Å². The van der Waals surface area contributed by atoms with Crippen molar-refractivity contribution in [2.75, 3.05) is 12.8 Å². The smallest absolute Gasteiger partial charge is 0.365 e. The first kappa shape index (κ1) is 12.5. The maximum Gasteiger partial charge on any atom is 0.365 e. The number of thioether (sulfide) groups is 1. The van der Waals surface area contributed by atoms with Crippen molar-refractivity contribution in [3.05, 3.63) is 16.1 Å². The molecule has 0 bridgehead atoms. The Bertz CT molecular complexity index is 328. The summed E-state index contributed by atoms with van der Waals surface area (Å²) in [4.78, 5) is 14.5. The Morgan fingerprint density at radius 3 is 3.07 bits per heavy atom. The molecule has 0 spiro atoms. The lowest BCUT2D eigenvalue weighted by molar-refractivity contribution is 0.0696. The predicted octanol–water partition coefficient (Wildman–Crippen LogP) is 1.68. The van der Waals surface area contributed by atoms with Gasteiger partial charge in [0.2, 0.25) is 5.01 Å². The summed E-state index contributed by atoms with van der Waals surface area (Å²) in [5.41, 5.74) is 0.797. The second-order valence-corrected chi connectivity index (χ2v) is 5.26. The molecule has 6 heteroatoms. The summed E-state index contributed by atoms with van der Waals surface area (Å²) >= 11 is 2.96. The molecule has 1 aromatic heterocycles. The Morgan fingerprint density at radius 2 is 2.53 bits per heavy atom. The van der Waals surface area contributed by atoms with Gasteiger partial charge < -0.3 is 10.4 Å². The van der Waals surface area contributed by atoms with Gasteiger partial charge in [-0.3, -0.25) is 0 Å². The minimum atomic E-state index is -0.955. The molecular formula is C9H14N2O2S2. The number of carboxylic acid groups (broad SMARTS) is 1. The topological polar surface area (TPSA) is 62.2 Å². The van der Waals surface area contributed by atoms with Crippen LogP contribution in [0.15, 0.2) is 5.38 Å². The van der Waals surface area contributed by atoms with Crippen molar-refractivity contribution in [1.82, 2.24) is 10.3 Å². The zero-order valence-corrected chi connectivity index (χ0v) is 10.3. The van der Waals surface area contributed by atoms with E-state index in [-0.39, 0.29) is 5.01 Å². The lowest BCUT2D eigenvalue weighted by atomic mass is 10.4. The number of nitrogens with zero attached hydrogens (tertiary/aromatic N) is 1. The molecule has 0 fully saturated rings. The number of rotatable bonds is 6. The molecule has 0 amide bonds. The summed E-state index contributed by atoms with van der Waals surface area (Å²) in [5, 5.41) is 14.4. The van der Waals surface area contributed by atoms with Crippen molar-refractivity contribution in [3.8, 4) is 0 Å². The van der Waals surface area contributed by atoms with Gasteiger partial charge in [-0.15, -0.1) is 11.3 Å². The van der Waals surface area contributed by atoms with Crippen LogP contribution in [0.1, 0.15) is 22.4 Å². The van der Waals surface area contributed by atoms with E-state index in [1.807, 2.05) is 0 Å². The molecule has 15 heavy (non-hydrogen) atoms. The van der Waals surface area contributed by atoms with E-state index in [2.05, 4.69) is 23.5 Å². The number of hydrogen-bond donors (Lipinski definition) is 2. The van der Waals surface area contributed by atoms with Gasteiger partial charge in [-0.25, -0.2) is 9.78 Å². The van der Waals surface area contributed by atoms with Gasteiger partial charge in [0.1, 0.15) is 0 Å². The Kier molecular flexibility index (Phi) is 5.07. The van der Waals surface area contributed by atoms with E-state index in [9.17, 15) is 4.79 Å². The number of carbonyl (C=O) groups is 1. The maximum absolute atomic E-state index is 10.6. The van der Waals surface area contributed by atoms with E-state index in [0.717, 1.165) is 12.2 Å². The lowest BCUT2D eigenvalue weighted by Crippen LogP contribution is -2.22. The molecule has 0 aliphatic carbocycles. The fourth-order valence-electron chi connectivity index (χ4n) is 0.973. The molecule has 2 N–H and O–H groups in total. The van der Waals surface area contributed by atoms with Crippen LogP contribution in [0.5, 0.6) is 0 Å². The van der Waals surface area contributed by atoms with Crippen LogP contribution in [0.4, 0.5) is 0 Å². The van der Waals surface area contributed by atoms with Gasteiger partial charge in [-0.05, 0) is 6.26 Å². The first-order chi connectivity index (χ1) is 7.13. The highest BCUT2D eigenvalue weighted by Gasteiger charge is 2.08. The van der Waals surface area contributed by atoms with Crippen LogP contribution in [0.2, 0.25) is 0 Å². The molecule has 84 valence electrons. The fourth-order valence-corrected chi connectivity index (χ4v) is 1.91. The summed E-state index contributed by atoms with van der Waals surface area (Å²) in [6.07, 6.45) is 2.07. The summed E-state index contributed by atoms with van der Waals surface area (Å²) in [6.45, 7) is 3.68. The largest absolute Gasteiger partial charge is 0.476 e. The van der Waals surface area contributed by atoms with Crippen molar-refractivity contribution in [3.63, 3.8) is 0 Å². The fraction of sp³-hybridized carbons (Fsp3) is 0.556. The van der Waals surface area contributed by atoms with Crippen LogP contribution < -0.4 is 5.32 Å². The molecule has 0 radical (unpaired) electrons. The summed E-state index contributed by atoms with van der Waals surface area (Å²) in [7, 11) is 0. The Labute approximate surface area is 97.1 Å². The normalized spacial score (nSPS) is 12.7. The first-order valence-corrected chi connectivity index (χ1v) is 6.71. The SMILES string of the molecule is CSC(C)CNCc1csc(C(=O)O)n1. The third-order valence-electron chi connectivity index (χ3n) is 1.87. The standard InChI is InChI=1S/C9H14N2O2S2/c1-6(14-2)3-10-4-7-5-15-8(11-7)9(12)13/h5-6,10H,3-4H2,1-2H3,(H,12,13). The Hall–Kier alpha value is -0.590. The number of aromatic carboxylic acids is 1. The van der Waals surface area contributed by atoms with Crippen molar-refractivity contribution in [1.29, 1.82) is 0 Å². The van der Waals surface area contributed by atoms with E-state index in [0.29, 0.717) is 11.8 Å². The predicted molar refractivity (Wildman–Crippen MR) is 63.8 cm³/mol. The third-order valence-corrected chi connectivity index (χ3v) is 3.73. The molecule has 0 saturated heterocycles. The van der Waals surface area contributed by atoms with E-state index in [1.54, 1.807) is 17.1 Å². The van der Waals surface area contributed by atoms with Gasteiger partial charge in [0, 0.05) is 23.7 Å². The zero-order valence-electron chi connectivity index (χ0n) is 8.69. The van der Waals surface area contributed by atoms with Gasteiger partial charge in [0.25, 0.3) is 0 Å². The molecule has 0 aliphatic heterocycles. The Morgan fingerprint density at radius 1 is 1.80 bits per heavy atom. The van der Waals surface area contributed by atoms with Gasteiger partial charge in [0.15, 0.2) is 0 Å². The zero-order chi connectivity index (χ0) is 11.3. The number of aromatic nitrogens is 1. The molecule has 0 saturated carbocycles. The van der Waals surface area contributed by atoms with Crippen molar-refractivity contribution >= 4 is 29.1 Å². The quantitative estimate of drug-likeness (QED) is 0.799. The molecule has 1 aromatic rings. The number of hydrogen-bond acceptors (Lipinski definition) is 5. The van der Waals surface area contributed by atoms with Gasteiger partial charge in [0.05, 0.1) is 5.69 Å². The van der Waals surface area contributed by atoms with E-state index in [1.165, 1.54) is 11.3 Å². The minimum Gasteiger partial charge on any atom is -0.476 e. The highest BCUT2D eigenvalue weighted by Crippen LogP contribution is 2.09. The molecule has 1 rings (SSSR count). The van der Waals surface area contributed by atoms with E-state index < -0.39 is 5.97 Å². The second kappa shape index (κ2) is 6.09. The molecule has 1 unspecified atom stereocenters. The van der Waals surface area contributed by atoms with Crippen molar-refractivity contribution in [2.24, 2.45) is 0 Å². The number of nitrogens with one attached hydrogen (secondary N) is 1. The number of thiazole rings is 1. The third kappa shape index (κ3) is 4.19. The minimum absolute atomic E-state index is 0.157. The maximum atomic E-state index is 10.6. The van der Waals surface area contributed by atoms with Crippen LogP contribution in [0, 0.1) is 0 Å². The molecule has 4 nitrogen and oxygen atoms in total.